The van der Waals surface area contributed by atoms with E-state index < -0.39 is 88.6 Å². The van der Waals surface area contributed by atoms with Crippen molar-refractivity contribution in [3.05, 3.63) is 96.9 Å². The molecule has 3 aromatic carbocycles. The summed E-state index contributed by atoms with van der Waals surface area (Å²) < 4.78 is 173. The van der Waals surface area contributed by atoms with Gasteiger partial charge >= 0.3 is 7.12 Å². The maximum Gasteiger partial charge on any atom is 0.494 e. The van der Waals surface area contributed by atoms with E-state index in [-0.39, 0.29) is 34.9 Å². The molecule has 0 saturated carbocycles. The minimum atomic E-state index is -4.93. The minimum absolute atomic E-state index is 0.0397. The van der Waals surface area contributed by atoms with Crippen LogP contribution in [0.1, 0.15) is 75.9 Å². The molecule has 52 heavy (non-hydrogen) atoms. The van der Waals surface area contributed by atoms with Crippen LogP contribution in [0.4, 0.5) is 55.6 Å². The van der Waals surface area contributed by atoms with E-state index in [4.69, 9.17) is 9.31 Å². The third kappa shape index (κ3) is 13.2. The molecule has 0 N–H and O–H groups in total. The third-order valence-electron chi connectivity index (χ3n) is 7.24. The molecule has 0 aromatic heterocycles. The lowest BCUT2D eigenvalue weighted by molar-refractivity contribution is 0.00578. The number of halogens is 15. The Morgan fingerprint density at radius 2 is 1.08 bits per heavy atom. The first-order valence-corrected chi connectivity index (χ1v) is 17.4. The molecule has 0 unspecified atom stereocenters. The summed E-state index contributed by atoms with van der Waals surface area (Å²) in [5.41, 5.74) is -3.53. The number of alkyl halides is 4. The van der Waals surface area contributed by atoms with Gasteiger partial charge in [0.15, 0.2) is 41.2 Å². The van der Waals surface area contributed by atoms with E-state index in [2.05, 4.69) is 31.9 Å². The van der Waals surface area contributed by atoms with Crippen LogP contribution in [-0.4, -0.2) is 42.0 Å². The lowest BCUT2D eigenvalue weighted by Crippen LogP contribution is -2.41. The van der Waals surface area contributed by atoms with Gasteiger partial charge in [-0.2, -0.15) is 4.31 Å². The Bertz CT molecular complexity index is 1650. The maximum atomic E-state index is 13.4. The second-order valence-corrected chi connectivity index (χ2v) is 14.4. The van der Waals surface area contributed by atoms with Crippen LogP contribution in [0.3, 0.4) is 0 Å². The molecule has 0 amide bonds. The van der Waals surface area contributed by atoms with Gasteiger partial charge in [0, 0.05) is 22.0 Å². The number of benzene rings is 3. The smallest absolute Gasteiger partial charge is 0.399 e. The molecule has 21 heteroatoms. The predicted molar refractivity (Wildman–Crippen MR) is 179 cm³/mol. The minimum Gasteiger partial charge on any atom is -0.399 e. The number of rotatable bonds is 7. The van der Waals surface area contributed by atoms with Gasteiger partial charge < -0.3 is 9.31 Å². The van der Waals surface area contributed by atoms with Gasteiger partial charge in [0.05, 0.1) is 27.9 Å². The highest BCUT2D eigenvalue weighted by Gasteiger charge is 2.52. The van der Waals surface area contributed by atoms with Crippen molar-refractivity contribution < 1.29 is 69.7 Å². The quantitative estimate of drug-likeness (QED) is 0.102. The second-order valence-electron chi connectivity index (χ2n) is 11.3. The molecule has 0 aliphatic carbocycles. The van der Waals surface area contributed by atoms with Crippen molar-refractivity contribution in [2.75, 3.05) is 13.1 Å². The zero-order valence-electron chi connectivity index (χ0n) is 27.9. The summed E-state index contributed by atoms with van der Waals surface area (Å²) in [4.78, 5) is 10.1. The van der Waals surface area contributed by atoms with E-state index in [1.807, 2.05) is 0 Å². The van der Waals surface area contributed by atoms with Crippen LogP contribution >= 0.6 is 43.2 Å². The largest absolute Gasteiger partial charge is 0.494 e. The van der Waals surface area contributed by atoms with Gasteiger partial charge in [-0.15, -0.1) is 11.7 Å². The fourth-order valence-electron chi connectivity index (χ4n) is 3.82. The molecule has 0 bridgehead atoms. The zero-order valence-corrected chi connectivity index (χ0v) is 31.9. The summed E-state index contributed by atoms with van der Waals surface area (Å²) in [6.45, 7) is 10.3. The van der Waals surface area contributed by atoms with E-state index in [1.54, 1.807) is 27.7 Å². The van der Waals surface area contributed by atoms with Gasteiger partial charge in [0.25, 0.3) is 24.2 Å². The molecule has 0 radical (unpaired) electrons. The highest BCUT2D eigenvalue weighted by atomic mass is 79.9. The molecule has 3 aromatic rings. The first kappa shape index (κ1) is 47.7. The molecular weight excluding hydrogens is 884 g/mol. The summed E-state index contributed by atoms with van der Waals surface area (Å²) in [5, 5.41) is 0. The number of nitrogens with zero attached hydrogens (tertiary/aromatic N) is 1. The fraction of sp³-hybridized carbons (Fsp3) is 0.387. The Balaban J connectivity index is 0.000000367. The van der Waals surface area contributed by atoms with Crippen molar-refractivity contribution >= 4 is 62.1 Å². The number of carbonyl (C=O) groups is 1. The summed E-state index contributed by atoms with van der Waals surface area (Å²) >= 11 is 0.766. The summed E-state index contributed by atoms with van der Waals surface area (Å²) in [6, 6.07) is 5.52. The first-order chi connectivity index (χ1) is 23.7. The van der Waals surface area contributed by atoms with Gasteiger partial charge in [-0.1, -0.05) is 51.8 Å². The van der Waals surface area contributed by atoms with Crippen LogP contribution in [0.5, 0.6) is 0 Å². The normalized spacial score (nSPS) is 15.0. The number of carbonyl (C=O) groups excluding carboxylic acids is 1. The average Bonchev–Trinajstić information content (AvgIpc) is 3.24. The lowest BCUT2D eigenvalue weighted by Gasteiger charge is -2.32. The van der Waals surface area contributed by atoms with Crippen LogP contribution in [-0.2, 0) is 9.31 Å². The van der Waals surface area contributed by atoms with Crippen LogP contribution in [0.15, 0.2) is 45.3 Å². The standard InChI is InChI=1S/C13H15BF4O2.C7H3BrF4.C7H3BrF2O.C4H10F3NS/c1-12(2)13(3,4)20-14(19-12)7-5-8(11(17)18)10(16)9(15)6-7;8-3-1-4(7(11)12)6(10)5(9)2-3;8-5-1-4(3-11)7(10)6(9)2-5;1-3-8(4-2)9(5,6)7/h5-6,11H,1-4H3;1-2,7H;1-3H;3-4H2,1-2H3. The van der Waals surface area contributed by atoms with E-state index in [1.165, 1.54) is 19.9 Å². The van der Waals surface area contributed by atoms with Crippen molar-refractivity contribution in [2.24, 2.45) is 0 Å². The maximum absolute atomic E-state index is 13.4. The number of hydrogen-bond donors (Lipinski definition) is 0. The lowest BCUT2D eigenvalue weighted by atomic mass is 9.78. The van der Waals surface area contributed by atoms with Crippen LogP contribution in [0, 0.1) is 34.9 Å². The molecule has 1 heterocycles. The highest BCUT2D eigenvalue weighted by molar-refractivity contribution is 9.10. The highest BCUT2D eigenvalue weighted by Crippen LogP contribution is 2.56. The van der Waals surface area contributed by atoms with Crippen LogP contribution in [0.2, 0.25) is 0 Å². The van der Waals surface area contributed by atoms with Crippen molar-refractivity contribution in [3.63, 3.8) is 0 Å². The Hall–Kier alpha value is -2.33. The fourth-order valence-corrected chi connectivity index (χ4v) is 5.30. The van der Waals surface area contributed by atoms with E-state index in [9.17, 15) is 60.4 Å². The van der Waals surface area contributed by atoms with Gasteiger partial charge in [0.1, 0.15) is 0 Å². The monoisotopic (exact) mass is 913 g/mol. The van der Waals surface area contributed by atoms with Gasteiger partial charge in [0.2, 0.25) is 0 Å². The molecular formula is C31H31BBr2F13NO3S. The van der Waals surface area contributed by atoms with Gasteiger partial charge in [-0.05, 0) is 63.5 Å². The second kappa shape index (κ2) is 19.8. The van der Waals surface area contributed by atoms with Crippen molar-refractivity contribution in [1.82, 2.24) is 4.31 Å². The van der Waals surface area contributed by atoms with Crippen LogP contribution < -0.4 is 5.46 Å². The number of aldehydes is 1. The van der Waals surface area contributed by atoms with E-state index in [0.717, 1.165) is 30.3 Å². The molecule has 4 nitrogen and oxygen atoms in total. The molecule has 1 fully saturated rings. The molecule has 0 spiro atoms. The summed E-state index contributed by atoms with van der Waals surface area (Å²) in [7, 11) is -1.01. The molecule has 4 rings (SSSR count). The Morgan fingerprint density at radius 1 is 0.692 bits per heavy atom. The molecule has 292 valence electrons. The zero-order chi connectivity index (χ0) is 40.5. The molecule has 0 atom stereocenters. The summed E-state index contributed by atoms with van der Waals surface area (Å²) in [6.07, 6.45) is -5.84. The third-order valence-corrected chi connectivity index (χ3v) is 9.26. The Kier molecular flexibility index (Phi) is 18.2. The number of hydrogen-bond acceptors (Lipinski definition) is 4. The van der Waals surface area contributed by atoms with Crippen LogP contribution in [0.25, 0.3) is 0 Å². The van der Waals surface area contributed by atoms with Crippen molar-refractivity contribution in [1.29, 1.82) is 0 Å². The molecule has 1 aliphatic rings. The van der Waals surface area contributed by atoms with Gasteiger partial charge in [-0.25, -0.2) is 43.9 Å². The predicted octanol–water partition coefficient (Wildman–Crippen LogP) is 12.1. The summed E-state index contributed by atoms with van der Waals surface area (Å²) in [5.74, 6) is -7.79. The first-order valence-electron chi connectivity index (χ1n) is 14.6. The molecule has 1 saturated heterocycles. The van der Waals surface area contributed by atoms with Gasteiger partial charge in [-0.3, -0.25) is 4.79 Å². The Labute approximate surface area is 310 Å². The van der Waals surface area contributed by atoms with Crippen molar-refractivity contribution in [2.45, 2.75) is 65.6 Å². The topological polar surface area (TPSA) is 38.8 Å². The average molecular weight is 915 g/mol. The van der Waals surface area contributed by atoms with E-state index >= 15 is 0 Å². The van der Waals surface area contributed by atoms with Crippen molar-refractivity contribution in [3.8, 4) is 0 Å². The SMILES string of the molecule is CC1(C)OB(c2cc(F)c(F)c(C(F)F)c2)OC1(C)C.CCN(CC)S(F)(F)F.Fc1cc(Br)cc(C(F)F)c1F.O=Cc1cc(Br)cc(F)c1F. The molecule has 1 aliphatic heterocycles. The van der Waals surface area contributed by atoms with E-state index in [0.29, 0.717) is 8.78 Å². The Morgan fingerprint density at radius 3 is 1.44 bits per heavy atom.